The average molecular weight is 233 g/mol. The normalized spacial score (nSPS) is 16.1. The maximum atomic E-state index is 10.9. The summed E-state index contributed by atoms with van der Waals surface area (Å²) < 4.78 is 0. The molecule has 5 N–H and O–H groups in total. The summed E-state index contributed by atoms with van der Waals surface area (Å²) in [5.74, 6) is -0.470. The van der Waals surface area contributed by atoms with Crippen LogP contribution in [0.2, 0.25) is 0 Å². The SMILES string of the molecule is NC(=O)C(N)CNc1cccc2c1CCCC2. The van der Waals surface area contributed by atoms with Gasteiger partial charge in [-0.15, -0.1) is 0 Å². The van der Waals surface area contributed by atoms with Gasteiger partial charge < -0.3 is 16.8 Å². The number of carbonyl (C=O) groups excluding carboxylic acids is 1. The van der Waals surface area contributed by atoms with E-state index in [-0.39, 0.29) is 0 Å². The fraction of sp³-hybridized carbons (Fsp3) is 0.462. The third-order valence-corrected chi connectivity index (χ3v) is 3.27. The van der Waals surface area contributed by atoms with Gasteiger partial charge in [0.1, 0.15) is 6.04 Å². The van der Waals surface area contributed by atoms with Crippen LogP contribution in [0.4, 0.5) is 5.69 Å². The van der Waals surface area contributed by atoms with Gasteiger partial charge in [-0.3, -0.25) is 4.79 Å². The molecular formula is C13H19N3O. The second kappa shape index (κ2) is 5.19. The van der Waals surface area contributed by atoms with Gasteiger partial charge in [-0.25, -0.2) is 0 Å². The van der Waals surface area contributed by atoms with Crippen LogP contribution >= 0.6 is 0 Å². The van der Waals surface area contributed by atoms with Gasteiger partial charge in [-0.1, -0.05) is 12.1 Å². The van der Waals surface area contributed by atoms with E-state index in [4.69, 9.17) is 11.5 Å². The molecule has 1 aliphatic rings. The molecule has 0 saturated heterocycles. The minimum Gasteiger partial charge on any atom is -0.383 e. The molecule has 0 bridgehead atoms. The Bertz CT molecular complexity index is 417. The number of benzene rings is 1. The molecule has 0 aliphatic heterocycles. The van der Waals surface area contributed by atoms with Crippen molar-refractivity contribution in [2.75, 3.05) is 11.9 Å². The van der Waals surface area contributed by atoms with Crippen molar-refractivity contribution in [2.45, 2.75) is 31.7 Å². The highest BCUT2D eigenvalue weighted by molar-refractivity contribution is 5.80. The van der Waals surface area contributed by atoms with E-state index >= 15 is 0 Å². The van der Waals surface area contributed by atoms with E-state index in [1.165, 1.54) is 24.0 Å². The number of primary amides is 1. The number of rotatable bonds is 4. The maximum Gasteiger partial charge on any atom is 0.236 e. The molecule has 0 radical (unpaired) electrons. The summed E-state index contributed by atoms with van der Waals surface area (Å²) in [5.41, 5.74) is 14.6. The average Bonchev–Trinajstić information content (AvgIpc) is 2.35. The zero-order valence-corrected chi connectivity index (χ0v) is 9.91. The molecule has 0 saturated carbocycles. The lowest BCUT2D eigenvalue weighted by Crippen LogP contribution is -2.41. The van der Waals surface area contributed by atoms with E-state index in [1.807, 2.05) is 12.1 Å². The molecule has 1 atom stereocenters. The largest absolute Gasteiger partial charge is 0.383 e. The van der Waals surface area contributed by atoms with Gasteiger partial charge in [0.25, 0.3) is 0 Å². The molecule has 2 rings (SSSR count). The molecule has 17 heavy (non-hydrogen) atoms. The third kappa shape index (κ3) is 2.77. The lowest BCUT2D eigenvalue weighted by molar-refractivity contribution is -0.118. The molecule has 1 unspecified atom stereocenters. The summed E-state index contributed by atoms with van der Waals surface area (Å²) in [7, 11) is 0. The first kappa shape index (κ1) is 11.9. The smallest absolute Gasteiger partial charge is 0.236 e. The van der Waals surface area contributed by atoms with Crippen LogP contribution in [0, 0.1) is 0 Å². The second-order valence-corrected chi connectivity index (χ2v) is 4.54. The van der Waals surface area contributed by atoms with E-state index in [1.54, 1.807) is 0 Å². The van der Waals surface area contributed by atoms with E-state index in [2.05, 4.69) is 11.4 Å². The standard InChI is InChI=1S/C13H19N3O/c14-11(13(15)17)8-16-12-7-3-5-9-4-1-2-6-10(9)12/h3,5,7,11,16H,1-2,4,6,8,14H2,(H2,15,17). The summed E-state index contributed by atoms with van der Waals surface area (Å²) in [6.07, 6.45) is 4.74. The highest BCUT2D eigenvalue weighted by atomic mass is 16.1. The molecule has 1 aromatic rings. The molecule has 4 nitrogen and oxygen atoms in total. The van der Waals surface area contributed by atoms with Crippen LogP contribution in [-0.2, 0) is 17.6 Å². The number of amides is 1. The maximum absolute atomic E-state index is 10.9. The summed E-state index contributed by atoms with van der Waals surface area (Å²) in [4.78, 5) is 10.9. The predicted octanol–water partition coefficient (Wildman–Crippen LogP) is 0.790. The van der Waals surface area contributed by atoms with E-state index in [0.717, 1.165) is 18.5 Å². The van der Waals surface area contributed by atoms with E-state index in [9.17, 15) is 4.79 Å². The zero-order chi connectivity index (χ0) is 12.3. The molecule has 0 spiro atoms. The second-order valence-electron chi connectivity index (χ2n) is 4.54. The molecule has 1 aliphatic carbocycles. The van der Waals surface area contributed by atoms with Crippen molar-refractivity contribution in [3.63, 3.8) is 0 Å². The number of anilines is 1. The van der Waals surface area contributed by atoms with Crippen LogP contribution in [-0.4, -0.2) is 18.5 Å². The van der Waals surface area contributed by atoms with Gasteiger partial charge in [0.15, 0.2) is 0 Å². The number of aryl methyl sites for hydroxylation is 1. The Labute approximate surface area is 101 Å². The Morgan fingerprint density at radius 1 is 1.35 bits per heavy atom. The molecule has 92 valence electrons. The van der Waals surface area contributed by atoms with Crippen molar-refractivity contribution < 1.29 is 4.79 Å². The molecule has 4 heteroatoms. The van der Waals surface area contributed by atoms with Gasteiger partial charge in [-0.05, 0) is 42.9 Å². The summed E-state index contributed by atoms with van der Waals surface area (Å²) in [6.45, 7) is 0.395. The van der Waals surface area contributed by atoms with Crippen molar-refractivity contribution in [3.8, 4) is 0 Å². The quantitative estimate of drug-likeness (QED) is 0.719. The fourth-order valence-corrected chi connectivity index (χ4v) is 2.27. The van der Waals surface area contributed by atoms with Gasteiger partial charge in [0, 0.05) is 12.2 Å². The minimum absolute atomic E-state index is 0.395. The van der Waals surface area contributed by atoms with Crippen LogP contribution in [0.1, 0.15) is 24.0 Å². The summed E-state index contributed by atoms with van der Waals surface area (Å²) >= 11 is 0. The van der Waals surface area contributed by atoms with E-state index in [0.29, 0.717) is 6.54 Å². The van der Waals surface area contributed by atoms with Gasteiger partial charge >= 0.3 is 0 Å². The highest BCUT2D eigenvalue weighted by Crippen LogP contribution is 2.27. The number of hydrogen-bond acceptors (Lipinski definition) is 3. The van der Waals surface area contributed by atoms with E-state index < -0.39 is 11.9 Å². The third-order valence-electron chi connectivity index (χ3n) is 3.27. The van der Waals surface area contributed by atoms with Gasteiger partial charge in [0.05, 0.1) is 0 Å². The minimum atomic E-state index is -0.630. The first-order valence-corrected chi connectivity index (χ1v) is 6.08. The first-order valence-electron chi connectivity index (χ1n) is 6.08. The van der Waals surface area contributed by atoms with Crippen LogP contribution < -0.4 is 16.8 Å². The zero-order valence-electron chi connectivity index (χ0n) is 9.91. The number of fused-ring (bicyclic) bond motifs is 1. The number of carbonyl (C=O) groups is 1. The van der Waals surface area contributed by atoms with Crippen molar-refractivity contribution in [1.29, 1.82) is 0 Å². The lowest BCUT2D eigenvalue weighted by Gasteiger charge is -2.20. The van der Waals surface area contributed by atoms with Crippen molar-refractivity contribution in [1.82, 2.24) is 0 Å². The van der Waals surface area contributed by atoms with Gasteiger partial charge in [-0.2, -0.15) is 0 Å². The summed E-state index contributed by atoms with van der Waals surface area (Å²) in [5, 5.41) is 3.23. The van der Waals surface area contributed by atoms with Crippen LogP contribution in [0.15, 0.2) is 18.2 Å². The number of hydrogen-bond donors (Lipinski definition) is 3. The van der Waals surface area contributed by atoms with Crippen molar-refractivity contribution >= 4 is 11.6 Å². The highest BCUT2D eigenvalue weighted by Gasteiger charge is 2.14. The number of nitrogens with two attached hydrogens (primary N) is 2. The molecule has 0 fully saturated rings. The van der Waals surface area contributed by atoms with Crippen molar-refractivity contribution in [2.24, 2.45) is 11.5 Å². The fourth-order valence-electron chi connectivity index (χ4n) is 2.27. The molecule has 1 aromatic carbocycles. The Morgan fingerprint density at radius 3 is 2.88 bits per heavy atom. The Balaban J connectivity index is 2.08. The molecular weight excluding hydrogens is 214 g/mol. The monoisotopic (exact) mass is 233 g/mol. The van der Waals surface area contributed by atoms with Crippen LogP contribution in [0.5, 0.6) is 0 Å². The Hall–Kier alpha value is -1.55. The summed E-state index contributed by atoms with van der Waals surface area (Å²) in [6, 6.07) is 5.63. The Kier molecular flexibility index (Phi) is 3.64. The van der Waals surface area contributed by atoms with Crippen molar-refractivity contribution in [3.05, 3.63) is 29.3 Å². The predicted molar refractivity (Wildman–Crippen MR) is 68.7 cm³/mol. The molecule has 1 amide bonds. The van der Waals surface area contributed by atoms with Crippen LogP contribution in [0.3, 0.4) is 0 Å². The first-order chi connectivity index (χ1) is 8.18. The number of nitrogens with one attached hydrogen (secondary N) is 1. The topological polar surface area (TPSA) is 81.1 Å². The Morgan fingerprint density at radius 2 is 2.12 bits per heavy atom. The van der Waals surface area contributed by atoms with Gasteiger partial charge in [0.2, 0.25) is 5.91 Å². The molecule has 0 heterocycles. The lowest BCUT2D eigenvalue weighted by atomic mass is 9.90. The molecule has 0 aromatic heterocycles. The van der Waals surface area contributed by atoms with Crippen LogP contribution in [0.25, 0.3) is 0 Å².